The fourth-order valence-corrected chi connectivity index (χ4v) is 2.44. The molecule has 22 heavy (non-hydrogen) atoms. The second-order valence-corrected chi connectivity index (χ2v) is 5.34. The van der Waals surface area contributed by atoms with Crippen molar-refractivity contribution in [2.24, 2.45) is 0 Å². The molecule has 116 valence electrons. The first-order valence-corrected chi connectivity index (χ1v) is 7.36. The number of hydrogen-bond acceptors (Lipinski definition) is 4. The molecule has 0 unspecified atom stereocenters. The molecule has 1 aliphatic rings. The molecule has 0 bridgehead atoms. The van der Waals surface area contributed by atoms with Crippen LogP contribution in [-0.2, 0) is 9.59 Å². The van der Waals surface area contributed by atoms with E-state index < -0.39 is 0 Å². The molecule has 1 saturated heterocycles. The summed E-state index contributed by atoms with van der Waals surface area (Å²) >= 11 is 0. The van der Waals surface area contributed by atoms with Gasteiger partial charge in [0.25, 0.3) is 0 Å². The van der Waals surface area contributed by atoms with Crippen molar-refractivity contribution < 1.29 is 9.59 Å². The standard InChI is InChI=1S/C16H20N4O2/c1-13(21)20-9-7-19(8-10-20)6-5-16(22)18-15-4-2-3-14(11-15)12-17/h2-4,11H,5-10H2,1H3,(H,18,22). The summed E-state index contributed by atoms with van der Waals surface area (Å²) in [6.07, 6.45) is 0.400. The molecule has 6 nitrogen and oxygen atoms in total. The van der Waals surface area contributed by atoms with Crippen LogP contribution < -0.4 is 5.32 Å². The lowest BCUT2D eigenvalue weighted by Gasteiger charge is -2.34. The normalized spacial score (nSPS) is 15.2. The Labute approximate surface area is 130 Å². The summed E-state index contributed by atoms with van der Waals surface area (Å²) in [4.78, 5) is 27.2. The Balaban J connectivity index is 1.74. The predicted molar refractivity (Wildman–Crippen MR) is 83.1 cm³/mol. The van der Waals surface area contributed by atoms with Gasteiger partial charge in [-0.3, -0.25) is 14.5 Å². The van der Waals surface area contributed by atoms with Gasteiger partial charge in [-0.2, -0.15) is 5.26 Å². The van der Waals surface area contributed by atoms with Gasteiger partial charge >= 0.3 is 0 Å². The van der Waals surface area contributed by atoms with Crippen molar-refractivity contribution >= 4 is 17.5 Å². The molecule has 0 spiro atoms. The molecule has 0 atom stereocenters. The molecule has 1 fully saturated rings. The van der Waals surface area contributed by atoms with Gasteiger partial charge in [0.05, 0.1) is 11.6 Å². The zero-order valence-corrected chi connectivity index (χ0v) is 12.7. The number of nitrogens with zero attached hydrogens (tertiary/aromatic N) is 3. The summed E-state index contributed by atoms with van der Waals surface area (Å²) in [6, 6.07) is 8.91. The van der Waals surface area contributed by atoms with Crippen LogP contribution in [0.4, 0.5) is 5.69 Å². The van der Waals surface area contributed by atoms with Gasteiger partial charge in [-0.25, -0.2) is 0 Å². The first-order valence-electron chi connectivity index (χ1n) is 7.36. The number of rotatable bonds is 4. The third-order valence-corrected chi connectivity index (χ3v) is 3.75. The van der Waals surface area contributed by atoms with Crippen LogP contribution in [0, 0.1) is 11.3 Å². The van der Waals surface area contributed by atoms with Crippen LogP contribution in [-0.4, -0.2) is 54.3 Å². The van der Waals surface area contributed by atoms with Gasteiger partial charge in [0.2, 0.25) is 11.8 Å². The van der Waals surface area contributed by atoms with E-state index in [1.54, 1.807) is 31.2 Å². The molecule has 1 N–H and O–H groups in total. The van der Waals surface area contributed by atoms with Gasteiger partial charge < -0.3 is 10.2 Å². The van der Waals surface area contributed by atoms with E-state index in [1.165, 1.54) is 0 Å². The molecule has 1 aliphatic heterocycles. The number of piperazine rings is 1. The van der Waals surface area contributed by atoms with Crippen molar-refractivity contribution in [3.63, 3.8) is 0 Å². The lowest BCUT2D eigenvalue weighted by molar-refractivity contribution is -0.130. The Morgan fingerprint density at radius 2 is 2.00 bits per heavy atom. The van der Waals surface area contributed by atoms with Crippen LogP contribution in [0.5, 0.6) is 0 Å². The summed E-state index contributed by atoms with van der Waals surface area (Å²) in [6.45, 7) is 5.31. The third-order valence-electron chi connectivity index (χ3n) is 3.75. The van der Waals surface area contributed by atoms with E-state index in [4.69, 9.17) is 5.26 Å². The minimum Gasteiger partial charge on any atom is -0.340 e. The molecular formula is C16H20N4O2. The van der Waals surface area contributed by atoms with E-state index in [1.807, 2.05) is 11.0 Å². The Hall–Kier alpha value is -2.39. The molecule has 1 heterocycles. The highest BCUT2D eigenvalue weighted by atomic mass is 16.2. The number of hydrogen-bond donors (Lipinski definition) is 1. The minimum absolute atomic E-state index is 0.0657. The summed E-state index contributed by atoms with van der Waals surface area (Å²) in [5, 5.41) is 11.6. The molecule has 2 amide bonds. The van der Waals surface area contributed by atoms with Crippen LogP contribution in [0.3, 0.4) is 0 Å². The summed E-state index contributed by atoms with van der Waals surface area (Å²) in [5.74, 6) is 0.0406. The molecule has 0 saturated carbocycles. The van der Waals surface area contributed by atoms with Gasteiger partial charge in [-0.05, 0) is 18.2 Å². The lowest BCUT2D eigenvalue weighted by Crippen LogP contribution is -2.48. The quantitative estimate of drug-likeness (QED) is 0.902. The van der Waals surface area contributed by atoms with Crippen LogP contribution in [0.25, 0.3) is 0 Å². The highest BCUT2D eigenvalue weighted by Crippen LogP contribution is 2.10. The number of amides is 2. The molecule has 0 aliphatic carbocycles. The highest BCUT2D eigenvalue weighted by molar-refractivity contribution is 5.90. The maximum atomic E-state index is 11.9. The van der Waals surface area contributed by atoms with Gasteiger partial charge in [0, 0.05) is 51.8 Å². The summed E-state index contributed by atoms with van der Waals surface area (Å²) < 4.78 is 0. The van der Waals surface area contributed by atoms with Crippen molar-refractivity contribution in [3.05, 3.63) is 29.8 Å². The molecule has 1 aromatic rings. The molecule has 6 heteroatoms. The average molecular weight is 300 g/mol. The Morgan fingerprint density at radius 1 is 1.27 bits per heavy atom. The van der Waals surface area contributed by atoms with Crippen LogP contribution in [0.2, 0.25) is 0 Å². The van der Waals surface area contributed by atoms with Gasteiger partial charge in [0.15, 0.2) is 0 Å². The number of anilines is 1. The van der Waals surface area contributed by atoms with Crippen molar-refractivity contribution in [1.29, 1.82) is 5.26 Å². The van der Waals surface area contributed by atoms with E-state index in [0.717, 1.165) is 26.2 Å². The smallest absolute Gasteiger partial charge is 0.225 e. The Morgan fingerprint density at radius 3 is 2.64 bits per heavy atom. The number of nitrogens with one attached hydrogen (secondary N) is 1. The second kappa shape index (κ2) is 7.57. The summed E-state index contributed by atoms with van der Waals surface area (Å²) in [5.41, 5.74) is 1.17. The van der Waals surface area contributed by atoms with Crippen molar-refractivity contribution in [2.45, 2.75) is 13.3 Å². The Kier molecular flexibility index (Phi) is 5.50. The van der Waals surface area contributed by atoms with Crippen molar-refractivity contribution in [3.8, 4) is 6.07 Å². The van der Waals surface area contributed by atoms with Crippen molar-refractivity contribution in [1.82, 2.24) is 9.80 Å². The predicted octanol–water partition coefficient (Wildman–Crippen LogP) is 1.05. The topological polar surface area (TPSA) is 76.4 Å². The number of carbonyl (C=O) groups is 2. The number of benzene rings is 1. The average Bonchev–Trinajstić information content (AvgIpc) is 2.53. The number of carbonyl (C=O) groups excluding carboxylic acids is 2. The molecule has 0 radical (unpaired) electrons. The first kappa shape index (κ1) is 16.0. The monoisotopic (exact) mass is 300 g/mol. The second-order valence-electron chi connectivity index (χ2n) is 5.34. The van der Waals surface area contributed by atoms with E-state index >= 15 is 0 Å². The fraction of sp³-hybridized carbons (Fsp3) is 0.438. The molecule has 0 aromatic heterocycles. The van der Waals surface area contributed by atoms with Gasteiger partial charge in [0.1, 0.15) is 0 Å². The van der Waals surface area contributed by atoms with Crippen LogP contribution in [0.15, 0.2) is 24.3 Å². The molecule has 2 rings (SSSR count). The zero-order chi connectivity index (χ0) is 15.9. The molecule has 1 aromatic carbocycles. The van der Waals surface area contributed by atoms with Gasteiger partial charge in [-0.1, -0.05) is 6.07 Å². The maximum Gasteiger partial charge on any atom is 0.225 e. The zero-order valence-electron chi connectivity index (χ0n) is 12.7. The maximum absolute atomic E-state index is 11.9. The highest BCUT2D eigenvalue weighted by Gasteiger charge is 2.18. The SMILES string of the molecule is CC(=O)N1CCN(CCC(=O)Nc2cccc(C#N)c2)CC1. The Bertz CT molecular complexity index is 586. The van der Waals surface area contributed by atoms with E-state index in [9.17, 15) is 9.59 Å². The summed E-state index contributed by atoms with van der Waals surface area (Å²) in [7, 11) is 0. The van der Waals surface area contributed by atoms with E-state index in [2.05, 4.69) is 10.2 Å². The first-order chi connectivity index (χ1) is 10.6. The van der Waals surface area contributed by atoms with E-state index in [-0.39, 0.29) is 11.8 Å². The fourth-order valence-electron chi connectivity index (χ4n) is 2.44. The minimum atomic E-state index is -0.0657. The van der Waals surface area contributed by atoms with Crippen LogP contribution >= 0.6 is 0 Å². The lowest BCUT2D eigenvalue weighted by atomic mass is 10.2. The molecular weight excluding hydrogens is 280 g/mol. The number of nitriles is 1. The van der Waals surface area contributed by atoms with Crippen LogP contribution in [0.1, 0.15) is 18.9 Å². The van der Waals surface area contributed by atoms with Gasteiger partial charge in [-0.15, -0.1) is 0 Å². The van der Waals surface area contributed by atoms with Crippen molar-refractivity contribution in [2.75, 3.05) is 38.0 Å². The van der Waals surface area contributed by atoms with E-state index in [0.29, 0.717) is 24.2 Å². The third kappa shape index (κ3) is 4.57. The largest absolute Gasteiger partial charge is 0.340 e.